The van der Waals surface area contributed by atoms with Crippen LogP contribution < -0.4 is 10.3 Å². The van der Waals surface area contributed by atoms with Crippen LogP contribution in [0.15, 0.2) is 75.9 Å². The number of hydrogen-bond acceptors (Lipinski definition) is 4. The fraction of sp³-hybridized carbons (Fsp3) is 0.0870. The van der Waals surface area contributed by atoms with Gasteiger partial charge in [-0.25, -0.2) is 9.37 Å². The van der Waals surface area contributed by atoms with Crippen LogP contribution in [0.25, 0.3) is 11.0 Å². The standard InChI is InChI=1S/C23H15FN2O3/c1-13-6-4-11-18(25-13)26-20(14-7-5-8-15(24)12-14)19-21(27)16-9-2-3-10-17(16)29-22(19)23(26)28/h2-12,20H,1H3/t20-/m0/s1. The Bertz CT molecular complexity index is 1350. The third-order valence-corrected chi connectivity index (χ3v) is 5.06. The molecule has 0 saturated carbocycles. The number of carbonyl (C=O) groups excluding carboxylic acids is 1. The van der Waals surface area contributed by atoms with E-state index >= 15 is 0 Å². The van der Waals surface area contributed by atoms with Crippen molar-refractivity contribution < 1.29 is 13.6 Å². The van der Waals surface area contributed by atoms with E-state index in [0.717, 1.165) is 0 Å². The molecule has 1 amide bonds. The van der Waals surface area contributed by atoms with Gasteiger partial charge in [-0.2, -0.15) is 0 Å². The molecule has 1 aliphatic rings. The lowest BCUT2D eigenvalue weighted by Crippen LogP contribution is -2.30. The highest BCUT2D eigenvalue weighted by atomic mass is 19.1. The van der Waals surface area contributed by atoms with Gasteiger partial charge in [0.2, 0.25) is 5.76 Å². The van der Waals surface area contributed by atoms with E-state index in [1.54, 1.807) is 48.5 Å². The summed E-state index contributed by atoms with van der Waals surface area (Å²) in [6, 6.07) is 17.1. The molecule has 6 heteroatoms. The van der Waals surface area contributed by atoms with Crippen LogP contribution in [-0.4, -0.2) is 10.9 Å². The molecule has 5 nitrogen and oxygen atoms in total. The molecule has 4 aromatic rings. The van der Waals surface area contributed by atoms with Crippen LogP contribution in [0.4, 0.5) is 10.2 Å². The Morgan fingerprint density at radius 3 is 2.59 bits per heavy atom. The summed E-state index contributed by atoms with van der Waals surface area (Å²) in [6.45, 7) is 1.81. The van der Waals surface area contributed by atoms with Crippen molar-refractivity contribution in [3.63, 3.8) is 0 Å². The number of para-hydroxylation sites is 1. The smallest absolute Gasteiger partial charge is 0.296 e. The first-order chi connectivity index (χ1) is 14.0. The Morgan fingerprint density at radius 2 is 1.79 bits per heavy atom. The lowest BCUT2D eigenvalue weighted by Gasteiger charge is -2.24. The molecule has 2 aromatic heterocycles. The van der Waals surface area contributed by atoms with Gasteiger partial charge in [0.1, 0.15) is 17.2 Å². The molecule has 0 aliphatic carbocycles. The van der Waals surface area contributed by atoms with E-state index in [1.807, 2.05) is 13.0 Å². The predicted octanol–water partition coefficient (Wildman–Crippen LogP) is 4.39. The maximum absolute atomic E-state index is 14.0. The molecule has 0 spiro atoms. The number of halogens is 1. The minimum atomic E-state index is -0.830. The summed E-state index contributed by atoms with van der Waals surface area (Å²) in [5.41, 5.74) is 1.42. The van der Waals surface area contributed by atoms with Gasteiger partial charge in [-0.3, -0.25) is 14.5 Å². The third kappa shape index (κ3) is 2.64. The minimum absolute atomic E-state index is 0.0359. The van der Waals surface area contributed by atoms with Gasteiger partial charge in [-0.15, -0.1) is 0 Å². The SMILES string of the molecule is Cc1cccc(N2C(=O)c3oc4ccccc4c(=O)c3[C@@H]2c2cccc(F)c2)n1. The molecule has 1 aliphatic heterocycles. The summed E-state index contributed by atoms with van der Waals surface area (Å²) in [5, 5.41) is 0.375. The molecule has 142 valence electrons. The Morgan fingerprint density at radius 1 is 1.00 bits per heavy atom. The van der Waals surface area contributed by atoms with Crippen LogP contribution in [0.1, 0.15) is 33.4 Å². The summed E-state index contributed by atoms with van der Waals surface area (Å²) in [7, 11) is 0. The first kappa shape index (κ1) is 17.3. The Kier molecular flexibility index (Phi) is 3.81. The summed E-state index contributed by atoms with van der Waals surface area (Å²) in [5.74, 6) is -0.591. The second-order valence-corrected chi connectivity index (χ2v) is 6.94. The van der Waals surface area contributed by atoms with Crippen molar-refractivity contribution in [2.45, 2.75) is 13.0 Å². The van der Waals surface area contributed by atoms with E-state index in [0.29, 0.717) is 28.0 Å². The Balaban J connectivity index is 1.84. The molecule has 2 aromatic carbocycles. The number of fused-ring (bicyclic) bond motifs is 2. The summed E-state index contributed by atoms with van der Waals surface area (Å²) >= 11 is 0. The molecular weight excluding hydrogens is 371 g/mol. The molecule has 0 radical (unpaired) electrons. The number of carbonyl (C=O) groups is 1. The number of benzene rings is 2. The van der Waals surface area contributed by atoms with Crippen molar-refractivity contribution in [2.24, 2.45) is 0 Å². The average Bonchev–Trinajstić information content (AvgIpc) is 3.01. The van der Waals surface area contributed by atoms with E-state index in [4.69, 9.17) is 4.42 Å². The van der Waals surface area contributed by atoms with Crippen molar-refractivity contribution in [2.75, 3.05) is 4.90 Å². The molecule has 0 fully saturated rings. The fourth-order valence-corrected chi connectivity index (χ4v) is 3.81. The first-order valence-corrected chi connectivity index (χ1v) is 9.13. The van der Waals surface area contributed by atoms with Crippen molar-refractivity contribution in [1.82, 2.24) is 4.98 Å². The van der Waals surface area contributed by atoms with E-state index in [-0.39, 0.29) is 16.8 Å². The van der Waals surface area contributed by atoms with Crippen LogP contribution in [-0.2, 0) is 0 Å². The number of anilines is 1. The monoisotopic (exact) mass is 386 g/mol. The normalized spacial score (nSPS) is 15.7. The fourth-order valence-electron chi connectivity index (χ4n) is 3.81. The minimum Gasteiger partial charge on any atom is -0.450 e. The predicted molar refractivity (Wildman–Crippen MR) is 107 cm³/mol. The second-order valence-electron chi connectivity index (χ2n) is 6.94. The molecule has 0 unspecified atom stereocenters. The molecule has 0 bridgehead atoms. The molecule has 0 saturated heterocycles. The van der Waals surface area contributed by atoms with Gasteiger partial charge >= 0.3 is 0 Å². The molecule has 0 N–H and O–H groups in total. The number of amides is 1. The lowest BCUT2D eigenvalue weighted by molar-refractivity contribution is 0.0970. The maximum Gasteiger partial charge on any atom is 0.296 e. The van der Waals surface area contributed by atoms with Crippen LogP contribution in [0.3, 0.4) is 0 Å². The molecule has 5 rings (SSSR count). The number of nitrogens with zero attached hydrogens (tertiary/aromatic N) is 2. The lowest BCUT2D eigenvalue weighted by atomic mass is 9.98. The highest BCUT2D eigenvalue weighted by Crippen LogP contribution is 2.40. The zero-order valence-corrected chi connectivity index (χ0v) is 15.4. The van der Waals surface area contributed by atoms with Crippen molar-refractivity contribution in [1.29, 1.82) is 0 Å². The van der Waals surface area contributed by atoms with Crippen molar-refractivity contribution >= 4 is 22.7 Å². The second kappa shape index (κ2) is 6.38. The number of aryl methyl sites for hydroxylation is 1. The molecule has 1 atom stereocenters. The highest BCUT2D eigenvalue weighted by Gasteiger charge is 2.44. The largest absolute Gasteiger partial charge is 0.450 e. The average molecular weight is 386 g/mol. The number of rotatable bonds is 2. The van der Waals surface area contributed by atoms with Gasteiger partial charge < -0.3 is 4.42 Å². The zero-order valence-electron chi connectivity index (χ0n) is 15.4. The van der Waals surface area contributed by atoms with E-state index < -0.39 is 17.8 Å². The quantitative estimate of drug-likeness (QED) is 0.513. The zero-order chi connectivity index (χ0) is 20.1. The van der Waals surface area contributed by atoms with Crippen LogP contribution in [0, 0.1) is 12.7 Å². The van der Waals surface area contributed by atoms with Gasteiger partial charge in [0.05, 0.1) is 17.0 Å². The maximum atomic E-state index is 14.0. The van der Waals surface area contributed by atoms with Gasteiger partial charge in [0.25, 0.3) is 5.91 Å². The van der Waals surface area contributed by atoms with Gasteiger partial charge in [-0.05, 0) is 48.9 Å². The van der Waals surface area contributed by atoms with Gasteiger partial charge in [-0.1, -0.05) is 30.3 Å². The van der Waals surface area contributed by atoms with Gasteiger partial charge in [0.15, 0.2) is 5.43 Å². The van der Waals surface area contributed by atoms with E-state index in [1.165, 1.54) is 17.0 Å². The first-order valence-electron chi connectivity index (χ1n) is 9.13. The Labute approximate surface area is 165 Å². The van der Waals surface area contributed by atoms with Crippen LogP contribution >= 0.6 is 0 Å². The number of hydrogen-bond donors (Lipinski definition) is 0. The number of pyridine rings is 1. The van der Waals surface area contributed by atoms with Crippen molar-refractivity contribution in [3.05, 3.63) is 105 Å². The third-order valence-electron chi connectivity index (χ3n) is 5.06. The molecular formula is C23H15FN2O3. The highest BCUT2D eigenvalue weighted by molar-refractivity contribution is 6.10. The van der Waals surface area contributed by atoms with E-state index in [2.05, 4.69) is 4.98 Å². The Hall–Kier alpha value is -3.80. The molecule has 3 heterocycles. The van der Waals surface area contributed by atoms with Crippen molar-refractivity contribution in [3.8, 4) is 0 Å². The van der Waals surface area contributed by atoms with Crippen LogP contribution in [0.5, 0.6) is 0 Å². The van der Waals surface area contributed by atoms with E-state index in [9.17, 15) is 14.0 Å². The number of aromatic nitrogens is 1. The summed E-state index contributed by atoms with van der Waals surface area (Å²) < 4.78 is 19.9. The topological polar surface area (TPSA) is 63.4 Å². The van der Waals surface area contributed by atoms with Gasteiger partial charge in [0, 0.05) is 5.69 Å². The van der Waals surface area contributed by atoms with Crippen LogP contribution in [0.2, 0.25) is 0 Å². The summed E-state index contributed by atoms with van der Waals surface area (Å²) in [6.07, 6.45) is 0. The summed E-state index contributed by atoms with van der Waals surface area (Å²) in [4.78, 5) is 32.5. The molecule has 29 heavy (non-hydrogen) atoms.